The normalized spacial score (nSPS) is 12.6. The maximum atomic E-state index is 5.74. The lowest BCUT2D eigenvalue weighted by Gasteiger charge is -2.20. The highest BCUT2D eigenvalue weighted by molar-refractivity contribution is 5.26. The van der Waals surface area contributed by atoms with Crippen molar-refractivity contribution in [2.24, 2.45) is 0 Å². The third-order valence-corrected chi connectivity index (χ3v) is 3.13. The lowest BCUT2D eigenvalue weighted by molar-refractivity contribution is 0.140. The van der Waals surface area contributed by atoms with Crippen molar-refractivity contribution in [3.63, 3.8) is 0 Å². The minimum atomic E-state index is 0.169. The predicted molar refractivity (Wildman–Crippen MR) is 86.8 cm³/mol. The van der Waals surface area contributed by atoms with Gasteiger partial charge in [0.25, 0.3) is 0 Å². The molecule has 0 bridgehead atoms. The van der Waals surface area contributed by atoms with E-state index in [9.17, 15) is 0 Å². The maximum Gasteiger partial charge on any atom is 0.138 e. The van der Waals surface area contributed by atoms with Crippen LogP contribution in [-0.2, 0) is 4.74 Å². The molecule has 1 aromatic heterocycles. The van der Waals surface area contributed by atoms with E-state index < -0.39 is 0 Å². The number of nitrogens with one attached hydrogen (secondary N) is 1. The summed E-state index contributed by atoms with van der Waals surface area (Å²) < 4.78 is 11.2. The Morgan fingerprint density at radius 2 is 2.05 bits per heavy atom. The highest BCUT2D eigenvalue weighted by atomic mass is 16.5. The van der Waals surface area contributed by atoms with Crippen molar-refractivity contribution in [3.8, 4) is 5.75 Å². The maximum absolute atomic E-state index is 5.74. The Hall–Kier alpha value is -1.13. The van der Waals surface area contributed by atoms with Crippen LogP contribution in [0.3, 0.4) is 0 Å². The molecule has 0 aliphatic carbocycles. The molecule has 120 valence electrons. The van der Waals surface area contributed by atoms with Gasteiger partial charge in [0, 0.05) is 25.5 Å². The summed E-state index contributed by atoms with van der Waals surface area (Å²) in [7, 11) is 0. The second-order valence-electron chi connectivity index (χ2n) is 5.47. The average molecular weight is 294 g/mol. The third kappa shape index (κ3) is 7.44. The largest absolute Gasteiger partial charge is 0.489 e. The first kappa shape index (κ1) is 17.9. The molecule has 0 spiro atoms. The molecule has 1 N–H and O–H groups in total. The number of ether oxygens (including phenoxy) is 2. The van der Waals surface area contributed by atoms with Gasteiger partial charge in [-0.2, -0.15) is 0 Å². The molecule has 0 saturated heterocycles. The molecule has 0 radical (unpaired) electrons. The van der Waals surface area contributed by atoms with Crippen molar-refractivity contribution in [1.29, 1.82) is 0 Å². The fourth-order valence-corrected chi connectivity index (χ4v) is 2.20. The second-order valence-corrected chi connectivity index (χ2v) is 5.47. The minimum Gasteiger partial charge on any atom is -0.489 e. The van der Waals surface area contributed by atoms with Gasteiger partial charge in [0.1, 0.15) is 5.75 Å². The molecule has 0 amide bonds. The molecule has 0 aliphatic rings. The zero-order valence-electron chi connectivity index (χ0n) is 13.9. The summed E-state index contributed by atoms with van der Waals surface area (Å²) in [6, 6.07) is 2.41. The van der Waals surface area contributed by atoms with Crippen LogP contribution in [0.25, 0.3) is 0 Å². The molecule has 1 rings (SSSR count). The summed E-state index contributed by atoms with van der Waals surface area (Å²) in [6.07, 6.45) is 7.10. The van der Waals surface area contributed by atoms with Gasteiger partial charge >= 0.3 is 0 Å². The van der Waals surface area contributed by atoms with Crippen molar-refractivity contribution in [3.05, 3.63) is 24.0 Å². The van der Waals surface area contributed by atoms with Crippen LogP contribution in [0.4, 0.5) is 0 Å². The van der Waals surface area contributed by atoms with Crippen LogP contribution in [0.2, 0.25) is 0 Å². The van der Waals surface area contributed by atoms with Crippen molar-refractivity contribution in [2.75, 3.05) is 19.8 Å². The molecule has 0 aromatic carbocycles. The first-order valence-electron chi connectivity index (χ1n) is 8.10. The zero-order valence-corrected chi connectivity index (χ0v) is 13.9. The van der Waals surface area contributed by atoms with Crippen LogP contribution >= 0.6 is 0 Å². The van der Waals surface area contributed by atoms with Crippen LogP contribution in [0.1, 0.15) is 58.6 Å². The summed E-state index contributed by atoms with van der Waals surface area (Å²) in [5, 5.41) is 3.59. The van der Waals surface area contributed by atoms with Gasteiger partial charge in [-0.3, -0.25) is 4.98 Å². The molecule has 0 aliphatic heterocycles. The van der Waals surface area contributed by atoms with E-state index in [-0.39, 0.29) is 6.10 Å². The SMILES string of the molecule is CCCNC(CCCOCC)c1cncc(OC(C)C)c1. The monoisotopic (exact) mass is 294 g/mol. The second kappa shape index (κ2) is 10.6. The third-order valence-electron chi connectivity index (χ3n) is 3.13. The van der Waals surface area contributed by atoms with Crippen LogP contribution in [-0.4, -0.2) is 30.8 Å². The van der Waals surface area contributed by atoms with Crippen LogP contribution < -0.4 is 10.1 Å². The molecular weight excluding hydrogens is 264 g/mol. The predicted octanol–water partition coefficient (Wildman–Crippen LogP) is 3.73. The van der Waals surface area contributed by atoms with E-state index in [4.69, 9.17) is 9.47 Å². The van der Waals surface area contributed by atoms with Crippen LogP contribution in [0, 0.1) is 0 Å². The van der Waals surface area contributed by atoms with Crippen molar-refractivity contribution in [2.45, 2.75) is 59.1 Å². The minimum absolute atomic E-state index is 0.169. The summed E-state index contributed by atoms with van der Waals surface area (Å²) in [4.78, 5) is 4.31. The van der Waals surface area contributed by atoms with Gasteiger partial charge in [-0.05, 0) is 58.2 Å². The molecule has 1 aromatic rings. The number of rotatable bonds is 11. The highest BCUT2D eigenvalue weighted by Gasteiger charge is 2.12. The van der Waals surface area contributed by atoms with E-state index in [0.717, 1.165) is 44.8 Å². The van der Waals surface area contributed by atoms with Crippen molar-refractivity contribution >= 4 is 0 Å². The summed E-state index contributed by atoms with van der Waals surface area (Å²) in [5.74, 6) is 0.843. The Balaban J connectivity index is 2.66. The average Bonchev–Trinajstić information content (AvgIpc) is 2.46. The van der Waals surface area contributed by atoms with Crippen LogP contribution in [0.15, 0.2) is 18.5 Å². The van der Waals surface area contributed by atoms with E-state index in [1.165, 1.54) is 5.56 Å². The van der Waals surface area contributed by atoms with E-state index in [1.807, 2.05) is 27.0 Å². The topological polar surface area (TPSA) is 43.4 Å². The molecule has 1 unspecified atom stereocenters. The van der Waals surface area contributed by atoms with E-state index in [2.05, 4.69) is 23.3 Å². The molecular formula is C17H30N2O2. The zero-order chi connectivity index (χ0) is 15.5. The molecule has 4 nitrogen and oxygen atoms in total. The molecule has 1 atom stereocenters. The Labute approximate surface area is 129 Å². The van der Waals surface area contributed by atoms with E-state index in [0.29, 0.717) is 6.04 Å². The number of aromatic nitrogens is 1. The van der Waals surface area contributed by atoms with Gasteiger partial charge in [0.05, 0.1) is 12.3 Å². The first-order chi connectivity index (χ1) is 10.2. The molecule has 1 heterocycles. The van der Waals surface area contributed by atoms with E-state index in [1.54, 1.807) is 6.20 Å². The number of hydrogen-bond donors (Lipinski definition) is 1. The van der Waals surface area contributed by atoms with Gasteiger partial charge in [-0.15, -0.1) is 0 Å². The van der Waals surface area contributed by atoms with Gasteiger partial charge < -0.3 is 14.8 Å². The Morgan fingerprint density at radius 1 is 1.24 bits per heavy atom. The Morgan fingerprint density at radius 3 is 2.71 bits per heavy atom. The fourth-order valence-electron chi connectivity index (χ4n) is 2.20. The molecule has 0 fully saturated rings. The Bertz CT molecular complexity index is 383. The quantitative estimate of drug-likeness (QED) is 0.632. The highest BCUT2D eigenvalue weighted by Crippen LogP contribution is 2.22. The lowest BCUT2D eigenvalue weighted by Crippen LogP contribution is -2.23. The summed E-state index contributed by atoms with van der Waals surface area (Å²) >= 11 is 0. The standard InChI is InChI=1S/C17H30N2O2/c1-5-9-19-17(8-7-10-20-6-2)15-11-16(13-18-12-15)21-14(3)4/h11-14,17,19H,5-10H2,1-4H3. The van der Waals surface area contributed by atoms with Gasteiger partial charge in [-0.25, -0.2) is 0 Å². The van der Waals surface area contributed by atoms with Crippen LogP contribution in [0.5, 0.6) is 5.75 Å². The van der Waals surface area contributed by atoms with E-state index >= 15 is 0 Å². The number of hydrogen-bond acceptors (Lipinski definition) is 4. The number of pyridine rings is 1. The van der Waals surface area contributed by atoms with Gasteiger partial charge in [0.15, 0.2) is 0 Å². The fraction of sp³-hybridized carbons (Fsp3) is 0.706. The van der Waals surface area contributed by atoms with Gasteiger partial charge in [-0.1, -0.05) is 6.92 Å². The van der Waals surface area contributed by atoms with Gasteiger partial charge in [0.2, 0.25) is 0 Å². The summed E-state index contributed by atoms with van der Waals surface area (Å²) in [6.45, 7) is 10.9. The van der Waals surface area contributed by atoms with Crippen molar-refractivity contribution in [1.82, 2.24) is 10.3 Å². The summed E-state index contributed by atoms with van der Waals surface area (Å²) in [5.41, 5.74) is 1.19. The van der Waals surface area contributed by atoms with Crippen molar-refractivity contribution < 1.29 is 9.47 Å². The first-order valence-corrected chi connectivity index (χ1v) is 8.10. The Kier molecular flexibility index (Phi) is 9.02. The smallest absolute Gasteiger partial charge is 0.138 e. The molecule has 4 heteroatoms. The number of nitrogens with zero attached hydrogens (tertiary/aromatic N) is 1. The molecule has 21 heavy (non-hydrogen) atoms. The lowest BCUT2D eigenvalue weighted by atomic mass is 10.0. The molecule has 0 saturated carbocycles.